The van der Waals surface area contributed by atoms with Gasteiger partial charge in [-0.15, -0.1) is 0 Å². The number of methoxy groups -OCH3 is 1. The largest absolute Gasteiger partial charge is 0.467 e. The first-order chi connectivity index (χ1) is 15.0. The van der Waals surface area contributed by atoms with Crippen LogP contribution in [0.2, 0.25) is 0 Å². The summed E-state index contributed by atoms with van der Waals surface area (Å²) in [4.78, 5) is 37.0. The van der Waals surface area contributed by atoms with Gasteiger partial charge in [0.1, 0.15) is 11.9 Å². The van der Waals surface area contributed by atoms with Gasteiger partial charge in [-0.1, -0.05) is 66.7 Å². The third kappa shape index (κ3) is 6.09. The van der Waals surface area contributed by atoms with Crippen LogP contribution in [0.3, 0.4) is 0 Å². The lowest BCUT2D eigenvalue weighted by atomic mass is 9.99. The van der Waals surface area contributed by atoms with Crippen molar-refractivity contribution in [1.29, 1.82) is 0 Å². The number of ether oxygens (including phenoxy) is 1. The molecule has 0 aliphatic carbocycles. The number of nitrogens with one attached hydrogen (secondary N) is 1. The maximum absolute atomic E-state index is 13.3. The normalized spacial score (nSPS) is 11.4. The van der Waals surface area contributed by atoms with Crippen LogP contribution in [-0.2, 0) is 27.2 Å². The standard InChI is InChI=1S/C25H22FNO4/c1-31-25(30)22(27-23(28)16-18-6-5-9-21(26)14-18)15-17-10-12-20(13-11-17)24(29)19-7-3-2-4-8-19/h2-14,22H,15-16H2,1H3,(H,27,28)/t22-/m1/s1. The number of carbonyl (C=O) groups excluding carboxylic acids is 3. The number of amides is 1. The number of hydrogen-bond donors (Lipinski definition) is 1. The molecule has 0 radical (unpaired) electrons. The van der Waals surface area contributed by atoms with E-state index in [1.165, 1.54) is 25.3 Å². The van der Waals surface area contributed by atoms with Gasteiger partial charge in [0.25, 0.3) is 0 Å². The predicted molar refractivity (Wildman–Crippen MR) is 114 cm³/mol. The van der Waals surface area contributed by atoms with E-state index in [2.05, 4.69) is 5.32 Å². The maximum Gasteiger partial charge on any atom is 0.328 e. The number of ketones is 1. The highest BCUT2D eigenvalue weighted by Crippen LogP contribution is 2.13. The smallest absolute Gasteiger partial charge is 0.328 e. The van der Waals surface area contributed by atoms with Crippen molar-refractivity contribution in [3.05, 3.63) is 107 Å². The molecule has 0 aromatic heterocycles. The number of halogens is 1. The second-order valence-electron chi connectivity index (χ2n) is 7.05. The minimum Gasteiger partial charge on any atom is -0.467 e. The molecule has 0 unspecified atom stereocenters. The summed E-state index contributed by atoms with van der Waals surface area (Å²) >= 11 is 0. The summed E-state index contributed by atoms with van der Waals surface area (Å²) in [6, 6.07) is 20.6. The second-order valence-corrected chi connectivity index (χ2v) is 7.05. The molecule has 3 rings (SSSR count). The Hall–Kier alpha value is -3.80. The lowest BCUT2D eigenvalue weighted by molar-refractivity contribution is -0.145. The lowest BCUT2D eigenvalue weighted by Gasteiger charge is -2.17. The fraction of sp³-hybridized carbons (Fsp3) is 0.160. The lowest BCUT2D eigenvalue weighted by Crippen LogP contribution is -2.43. The quantitative estimate of drug-likeness (QED) is 0.448. The van der Waals surface area contributed by atoms with Crippen LogP contribution in [-0.4, -0.2) is 30.8 Å². The zero-order valence-corrected chi connectivity index (χ0v) is 17.0. The first kappa shape index (κ1) is 21.9. The van der Waals surface area contributed by atoms with Crippen LogP contribution in [0.15, 0.2) is 78.9 Å². The Morgan fingerprint density at radius 1 is 0.871 bits per heavy atom. The molecule has 5 nitrogen and oxygen atoms in total. The number of esters is 1. The van der Waals surface area contributed by atoms with Crippen molar-refractivity contribution in [2.45, 2.75) is 18.9 Å². The SMILES string of the molecule is COC(=O)[C@@H](Cc1ccc(C(=O)c2ccccc2)cc1)NC(=O)Cc1cccc(F)c1. The molecule has 0 bridgehead atoms. The van der Waals surface area contributed by atoms with Crippen LogP contribution < -0.4 is 5.32 Å². The summed E-state index contributed by atoms with van der Waals surface area (Å²) in [7, 11) is 1.25. The molecule has 158 valence electrons. The van der Waals surface area contributed by atoms with Crippen molar-refractivity contribution >= 4 is 17.7 Å². The number of rotatable bonds is 8. The number of benzene rings is 3. The third-order valence-corrected chi connectivity index (χ3v) is 4.77. The molecule has 0 fully saturated rings. The van der Waals surface area contributed by atoms with Gasteiger partial charge in [0.15, 0.2) is 5.78 Å². The Labute approximate surface area is 179 Å². The summed E-state index contributed by atoms with van der Waals surface area (Å²) in [6.07, 6.45) is 0.136. The summed E-state index contributed by atoms with van der Waals surface area (Å²) in [5, 5.41) is 2.64. The molecule has 1 amide bonds. The molecule has 0 saturated heterocycles. The van der Waals surface area contributed by atoms with Crippen LogP contribution >= 0.6 is 0 Å². The van der Waals surface area contributed by atoms with Crippen LogP contribution in [0.4, 0.5) is 4.39 Å². The first-order valence-electron chi connectivity index (χ1n) is 9.76. The molecule has 3 aromatic carbocycles. The van der Waals surface area contributed by atoms with Gasteiger partial charge in [-0.25, -0.2) is 9.18 Å². The third-order valence-electron chi connectivity index (χ3n) is 4.77. The topological polar surface area (TPSA) is 72.5 Å². The molecule has 31 heavy (non-hydrogen) atoms. The molecule has 0 saturated carbocycles. The van der Waals surface area contributed by atoms with E-state index in [9.17, 15) is 18.8 Å². The molecular formula is C25H22FNO4. The Morgan fingerprint density at radius 2 is 1.55 bits per heavy atom. The van der Waals surface area contributed by atoms with Gasteiger partial charge >= 0.3 is 5.97 Å². The summed E-state index contributed by atoms with van der Waals surface area (Å²) in [5.41, 5.74) is 2.38. The van der Waals surface area contributed by atoms with E-state index in [-0.39, 0.29) is 18.6 Å². The van der Waals surface area contributed by atoms with E-state index < -0.39 is 23.7 Å². The minimum absolute atomic E-state index is 0.0598. The van der Waals surface area contributed by atoms with Gasteiger partial charge in [0.2, 0.25) is 5.91 Å². The van der Waals surface area contributed by atoms with Crippen molar-refractivity contribution in [3.63, 3.8) is 0 Å². The van der Waals surface area contributed by atoms with E-state index in [1.807, 2.05) is 6.07 Å². The number of carbonyl (C=O) groups is 3. The first-order valence-corrected chi connectivity index (χ1v) is 9.76. The van der Waals surface area contributed by atoms with Crippen molar-refractivity contribution in [2.75, 3.05) is 7.11 Å². The van der Waals surface area contributed by atoms with Gasteiger partial charge in [-0.3, -0.25) is 9.59 Å². The van der Waals surface area contributed by atoms with Crippen LogP contribution in [0.1, 0.15) is 27.0 Å². The molecule has 0 aliphatic rings. The fourth-order valence-corrected chi connectivity index (χ4v) is 3.20. The minimum atomic E-state index is -0.901. The van der Waals surface area contributed by atoms with Crippen LogP contribution in [0.25, 0.3) is 0 Å². The highest BCUT2D eigenvalue weighted by molar-refractivity contribution is 6.08. The predicted octanol–water partition coefficient (Wildman–Crippen LogP) is 3.50. The highest BCUT2D eigenvalue weighted by atomic mass is 19.1. The van der Waals surface area contributed by atoms with Crippen LogP contribution in [0.5, 0.6) is 0 Å². The molecule has 6 heteroatoms. The van der Waals surface area contributed by atoms with Gasteiger partial charge in [-0.2, -0.15) is 0 Å². The van der Waals surface area contributed by atoms with Gasteiger partial charge in [0, 0.05) is 17.5 Å². The Kier molecular flexibility index (Phi) is 7.27. The Morgan fingerprint density at radius 3 is 2.19 bits per heavy atom. The molecule has 1 atom stereocenters. The molecule has 1 N–H and O–H groups in total. The monoisotopic (exact) mass is 419 g/mol. The average Bonchev–Trinajstić information content (AvgIpc) is 2.78. The van der Waals surface area contributed by atoms with Crippen molar-refractivity contribution < 1.29 is 23.5 Å². The maximum atomic E-state index is 13.3. The van der Waals surface area contributed by atoms with Gasteiger partial charge in [0.05, 0.1) is 13.5 Å². The average molecular weight is 419 g/mol. The van der Waals surface area contributed by atoms with Gasteiger partial charge < -0.3 is 10.1 Å². The Balaban J connectivity index is 1.67. The van der Waals surface area contributed by atoms with E-state index in [0.717, 1.165) is 5.56 Å². The highest BCUT2D eigenvalue weighted by Gasteiger charge is 2.22. The van der Waals surface area contributed by atoms with Crippen LogP contribution in [0, 0.1) is 5.82 Å². The fourth-order valence-electron chi connectivity index (χ4n) is 3.20. The molecular weight excluding hydrogens is 397 g/mol. The molecule has 0 spiro atoms. The van der Waals surface area contributed by atoms with Crippen molar-refractivity contribution in [1.82, 2.24) is 5.32 Å². The molecule has 0 heterocycles. The Bertz CT molecular complexity index is 1060. The zero-order valence-electron chi connectivity index (χ0n) is 17.0. The zero-order chi connectivity index (χ0) is 22.2. The van der Waals surface area contributed by atoms with Gasteiger partial charge in [-0.05, 0) is 23.3 Å². The molecule has 3 aromatic rings. The van der Waals surface area contributed by atoms with Crippen molar-refractivity contribution in [2.24, 2.45) is 0 Å². The van der Waals surface area contributed by atoms with E-state index in [0.29, 0.717) is 16.7 Å². The summed E-state index contributed by atoms with van der Waals surface area (Å²) in [5.74, 6) is -1.53. The number of hydrogen-bond acceptors (Lipinski definition) is 4. The van der Waals surface area contributed by atoms with Crippen molar-refractivity contribution in [3.8, 4) is 0 Å². The molecule has 0 aliphatic heterocycles. The van der Waals surface area contributed by atoms with E-state index in [4.69, 9.17) is 4.74 Å². The van der Waals surface area contributed by atoms with E-state index in [1.54, 1.807) is 54.6 Å². The second kappa shape index (κ2) is 10.3. The summed E-state index contributed by atoms with van der Waals surface area (Å²) in [6.45, 7) is 0. The van der Waals surface area contributed by atoms with E-state index >= 15 is 0 Å². The summed E-state index contributed by atoms with van der Waals surface area (Å²) < 4.78 is 18.1.